The van der Waals surface area contributed by atoms with E-state index in [9.17, 15) is 14.4 Å². The zero-order valence-corrected chi connectivity index (χ0v) is 17.3. The van der Waals surface area contributed by atoms with Crippen LogP contribution in [0.5, 0.6) is 0 Å². The molecule has 4 aromatic rings. The fraction of sp³-hybridized carbons (Fsp3) is 0.227. The van der Waals surface area contributed by atoms with Crippen LogP contribution in [0.2, 0.25) is 5.02 Å². The summed E-state index contributed by atoms with van der Waals surface area (Å²) < 4.78 is 8.17. The number of fused-ring (bicyclic) bond motifs is 3. The fourth-order valence-corrected chi connectivity index (χ4v) is 3.59. The van der Waals surface area contributed by atoms with Gasteiger partial charge in [-0.25, -0.2) is 9.36 Å². The number of nitrogens with one attached hydrogen (secondary N) is 1. The molecule has 0 spiro atoms. The van der Waals surface area contributed by atoms with Crippen molar-refractivity contribution in [2.24, 2.45) is 0 Å². The number of rotatable bonds is 5. The smallest absolute Gasteiger partial charge is 0.332 e. The van der Waals surface area contributed by atoms with Gasteiger partial charge in [-0.2, -0.15) is 0 Å². The van der Waals surface area contributed by atoms with Crippen molar-refractivity contribution in [2.75, 3.05) is 0 Å². The Labute approximate surface area is 176 Å². The average Bonchev–Trinajstić information content (AvgIpc) is 3.09. The van der Waals surface area contributed by atoms with Crippen molar-refractivity contribution in [2.45, 2.75) is 33.0 Å². The van der Waals surface area contributed by atoms with E-state index in [1.165, 1.54) is 4.57 Å². The maximum absolute atomic E-state index is 13.3. The first-order chi connectivity index (χ1) is 14.3. The van der Waals surface area contributed by atoms with E-state index >= 15 is 0 Å². The van der Waals surface area contributed by atoms with E-state index in [1.807, 2.05) is 32.0 Å². The quantitative estimate of drug-likeness (QED) is 0.532. The summed E-state index contributed by atoms with van der Waals surface area (Å²) in [6.07, 6.45) is 0. The normalized spacial score (nSPS) is 11.5. The van der Waals surface area contributed by atoms with E-state index in [0.29, 0.717) is 21.5 Å². The van der Waals surface area contributed by atoms with Crippen LogP contribution in [0.25, 0.3) is 22.1 Å². The molecular formula is C22H20ClN3O4. The van der Waals surface area contributed by atoms with Crippen molar-refractivity contribution in [1.29, 1.82) is 0 Å². The first kappa shape index (κ1) is 20.0. The second kappa shape index (κ2) is 7.84. The highest BCUT2D eigenvalue weighted by molar-refractivity contribution is 6.30. The third-order valence-corrected chi connectivity index (χ3v) is 5.00. The minimum Gasteiger partial charge on any atom is -0.449 e. The standard InChI is InChI=1S/C22H20ClN3O4/c1-13(2)24-18(27)12-26-21(28)20-19(16-5-3-4-6-17(16)30-20)25(22(26)29)11-14-7-9-15(23)10-8-14/h3-10,13H,11-12H2,1-2H3,(H,24,27). The van der Waals surface area contributed by atoms with Gasteiger partial charge in [0.05, 0.1) is 6.54 Å². The predicted molar refractivity (Wildman–Crippen MR) is 116 cm³/mol. The van der Waals surface area contributed by atoms with Crippen LogP contribution in [0.1, 0.15) is 19.4 Å². The first-order valence-electron chi connectivity index (χ1n) is 9.54. The Morgan fingerprint density at radius 2 is 1.77 bits per heavy atom. The van der Waals surface area contributed by atoms with Crippen molar-refractivity contribution in [3.8, 4) is 0 Å². The van der Waals surface area contributed by atoms with Crippen LogP contribution in [0.3, 0.4) is 0 Å². The SMILES string of the molecule is CC(C)NC(=O)Cn1c(=O)c2oc3ccccc3c2n(Cc2ccc(Cl)cc2)c1=O. The maximum Gasteiger partial charge on any atom is 0.332 e. The van der Waals surface area contributed by atoms with Gasteiger partial charge in [-0.1, -0.05) is 35.9 Å². The minimum atomic E-state index is -0.627. The summed E-state index contributed by atoms with van der Waals surface area (Å²) >= 11 is 5.97. The van der Waals surface area contributed by atoms with Gasteiger partial charge in [0.15, 0.2) is 0 Å². The molecule has 4 rings (SSSR count). The molecule has 0 saturated carbocycles. The van der Waals surface area contributed by atoms with Gasteiger partial charge < -0.3 is 9.73 Å². The number of carbonyl (C=O) groups is 1. The summed E-state index contributed by atoms with van der Waals surface area (Å²) in [5.74, 6) is -0.419. The van der Waals surface area contributed by atoms with Gasteiger partial charge in [0.2, 0.25) is 11.5 Å². The lowest BCUT2D eigenvalue weighted by Crippen LogP contribution is -2.44. The molecule has 1 N–H and O–H groups in total. The summed E-state index contributed by atoms with van der Waals surface area (Å²) in [6.45, 7) is 3.43. The number of carbonyl (C=O) groups excluding carboxylic acids is 1. The number of nitrogens with zero attached hydrogens (tertiary/aromatic N) is 2. The van der Waals surface area contributed by atoms with E-state index < -0.39 is 17.2 Å². The number of hydrogen-bond acceptors (Lipinski definition) is 4. The van der Waals surface area contributed by atoms with Gasteiger partial charge >= 0.3 is 5.69 Å². The van der Waals surface area contributed by atoms with Crippen LogP contribution < -0.4 is 16.6 Å². The van der Waals surface area contributed by atoms with E-state index in [1.54, 1.807) is 30.3 Å². The highest BCUT2D eigenvalue weighted by Gasteiger charge is 2.21. The third-order valence-electron chi connectivity index (χ3n) is 4.75. The van der Waals surface area contributed by atoms with Gasteiger partial charge in [-0.15, -0.1) is 0 Å². The van der Waals surface area contributed by atoms with Gasteiger partial charge in [0, 0.05) is 16.5 Å². The van der Waals surface area contributed by atoms with Gasteiger partial charge in [-0.05, 0) is 43.7 Å². The number of aromatic nitrogens is 2. The molecule has 0 aliphatic rings. The lowest BCUT2D eigenvalue weighted by atomic mass is 10.2. The van der Waals surface area contributed by atoms with Crippen LogP contribution in [-0.2, 0) is 17.9 Å². The Kier molecular flexibility index (Phi) is 5.22. The number of furan rings is 1. The molecule has 2 aromatic heterocycles. The number of halogens is 1. The molecule has 0 atom stereocenters. The first-order valence-corrected chi connectivity index (χ1v) is 9.91. The third kappa shape index (κ3) is 3.64. The molecule has 30 heavy (non-hydrogen) atoms. The van der Waals surface area contributed by atoms with E-state index in [2.05, 4.69) is 5.32 Å². The largest absolute Gasteiger partial charge is 0.449 e. The van der Waals surface area contributed by atoms with Crippen LogP contribution in [0, 0.1) is 0 Å². The average molecular weight is 426 g/mol. The molecule has 0 aliphatic carbocycles. The highest BCUT2D eigenvalue weighted by Crippen LogP contribution is 2.26. The van der Waals surface area contributed by atoms with E-state index in [0.717, 1.165) is 10.1 Å². The summed E-state index contributed by atoms with van der Waals surface area (Å²) in [6, 6.07) is 14.1. The molecule has 7 nitrogen and oxygen atoms in total. The maximum atomic E-state index is 13.3. The molecule has 0 bridgehead atoms. The second-order valence-electron chi connectivity index (χ2n) is 7.38. The summed E-state index contributed by atoms with van der Waals surface area (Å²) in [5.41, 5.74) is 0.576. The van der Waals surface area contributed by atoms with Crippen molar-refractivity contribution in [3.05, 3.63) is 80.0 Å². The van der Waals surface area contributed by atoms with E-state index in [-0.39, 0.29) is 24.7 Å². The minimum absolute atomic E-state index is 0.0436. The summed E-state index contributed by atoms with van der Waals surface area (Å²) in [4.78, 5) is 38.6. The Balaban J connectivity index is 1.96. The molecule has 8 heteroatoms. The number of benzene rings is 2. The molecule has 0 saturated heterocycles. The fourth-order valence-electron chi connectivity index (χ4n) is 3.47. The van der Waals surface area contributed by atoms with Crippen LogP contribution in [0.4, 0.5) is 0 Å². The summed E-state index contributed by atoms with van der Waals surface area (Å²) in [7, 11) is 0. The van der Waals surface area contributed by atoms with Gasteiger partial charge in [0.25, 0.3) is 5.56 Å². The highest BCUT2D eigenvalue weighted by atomic mass is 35.5. The van der Waals surface area contributed by atoms with Crippen molar-refractivity contribution < 1.29 is 9.21 Å². The Hall–Kier alpha value is -3.32. The van der Waals surface area contributed by atoms with Crippen LogP contribution >= 0.6 is 11.6 Å². The second-order valence-corrected chi connectivity index (χ2v) is 7.82. The topological polar surface area (TPSA) is 86.2 Å². The summed E-state index contributed by atoms with van der Waals surface area (Å²) in [5, 5.41) is 3.95. The monoisotopic (exact) mass is 425 g/mol. The lowest BCUT2D eigenvalue weighted by molar-refractivity contribution is -0.122. The molecule has 154 valence electrons. The Morgan fingerprint density at radius 1 is 1.07 bits per heavy atom. The number of para-hydroxylation sites is 1. The van der Waals surface area contributed by atoms with Crippen LogP contribution in [-0.4, -0.2) is 21.1 Å². The number of amides is 1. The zero-order valence-electron chi connectivity index (χ0n) is 16.5. The molecule has 2 aromatic carbocycles. The number of hydrogen-bond donors (Lipinski definition) is 1. The van der Waals surface area contributed by atoms with Crippen molar-refractivity contribution in [1.82, 2.24) is 14.5 Å². The molecule has 0 unspecified atom stereocenters. The molecule has 0 radical (unpaired) electrons. The molecular weight excluding hydrogens is 406 g/mol. The van der Waals surface area contributed by atoms with Crippen molar-refractivity contribution >= 4 is 39.6 Å². The Bertz CT molecular complexity index is 1360. The lowest BCUT2D eigenvalue weighted by Gasteiger charge is -2.13. The molecule has 0 aliphatic heterocycles. The van der Waals surface area contributed by atoms with Crippen molar-refractivity contribution in [3.63, 3.8) is 0 Å². The molecule has 0 fully saturated rings. The van der Waals surface area contributed by atoms with Crippen LogP contribution in [0.15, 0.2) is 62.5 Å². The van der Waals surface area contributed by atoms with E-state index in [4.69, 9.17) is 16.0 Å². The zero-order chi connectivity index (χ0) is 21.4. The molecule has 2 heterocycles. The van der Waals surface area contributed by atoms with Gasteiger partial charge in [0.1, 0.15) is 17.6 Å². The predicted octanol–water partition coefficient (Wildman–Crippen LogP) is 3.14. The Morgan fingerprint density at radius 3 is 2.47 bits per heavy atom. The van der Waals surface area contributed by atoms with Gasteiger partial charge in [-0.3, -0.25) is 14.2 Å². The molecule has 1 amide bonds.